The van der Waals surface area contributed by atoms with Crippen molar-refractivity contribution >= 4 is 17.6 Å². The smallest absolute Gasteiger partial charge is 0.340 e. The van der Waals surface area contributed by atoms with Crippen molar-refractivity contribution in [2.45, 2.75) is 43.6 Å². The zero-order chi connectivity index (χ0) is 30.1. The molecule has 0 spiro atoms. The van der Waals surface area contributed by atoms with E-state index in [0.717, 1.165) is 37.9 Å². The Labute approximate surface area is 233 Å². The van der Waals surface area contributed by atoms with Crippen LogP contribution in [0.2, 0.25) is 0 Å². The first-order valence-electron chi connectivity index (χ1n) is 13.2. The molecule has 0 bridgehead atoms. The van der Waals surface area contributed by atoms with Crippen molar-refractivity contribution in [3.8, 4) is 0 Å². The van der Waals surface area contributed by atoms with Crippen LogP contribution in [0.25, 0.3) is 0 Å². The van der Waals surface area contributed by atoms with E-state index in [0.29, 0.717) is 24.1 Å². The summed E-state index contributed by atoms with van der Waals surface area (Å²) in [6.45, 7) is 1.96. The lowest BCUT2D eigenvalue weighted by molar-refractivity contribution is -0.143. The molecule has 6 nitrogen and oxygen atoms in total. The van der Waals surface area contributed by atoms with E-state index < -0.39 is 53.0 Å². The normalized spacial score (nSPS) is 20.3. The Balaban J connectivity index is 1.60. The van der Waals surface area contributed by atoms with Gasteiger partial charge in [0.05, 0.1) is 17.2 Å². The van der Waals surface area contributed by atoms with E-state index in [1.165, 1.54) is 36.2 Å². The fourth-order valence-electron chi connectivity index (χ4n) is 5.50. The summed E-state index contributed by atoms with van der Waals surface area (Å²) < 4.78 is 94.1. The minimum Gasteiger partial charge on any atom is -0.340 e. The second-order valence-electron chi connectivity index (χ2n) is 10.6. The number of anilines is 1. The molecule has 2 aliphatic rings. The van der Waals surface area contributed by atoms with Gasteiger partial charge >= 0.3 is 18.4 Å². The summed E-state index contributed by atoms with van der Waals surface area (Å²) in [5, 5.41) is 3.24. The van der Waals surface area contributed by atoms with Crippen molar-refractivity contribution in [2.75, 3.05) is 45.2 Å². The van der Waals surface area contributed by atoms with Crippen LogP contribution in [-0.2, 0) is 17.1 Å². The van der Waals surface area contributed by atoms with E-state index >= 15 is 0 Å². The van der Waals surface area contributed by atoms with Gasteiger partial charge < -0.3 is 15.1 Å². The van der Waals surface area contributed by atoms with E-state index in [9.17, 15) is 40.3 Å². The summed E-state index contributed by atoms with van der Waals surface area (Å²) in [5.74, 6) is -0.826. The summed E-state index contributed by atoms with van der Waals surface area (Å²) in [6, 6.07) is 5.03. The van der Waals surface area contributed by atoms with Crippen LogP contribution >= 0.6 is 0 Å². The molecule has 2 fully saturated rings. The molecule has 1 N–H and O–H groups in total. The molecule has 0 aliphatic carbocycles. The lowest BCUT2D eigenvalue weighted by atomic mass is 9.93. The maximum absolute atomic E-state index is 13.6. The molecule has 13 heteroatoms. The standard InChI is InChI=1S/C28H31F7N4O2/c1-37(22-13-19(27(30,31)32)12-20(14-22)28(33,34)35)26(41)38(2)24-16-39(25(40)11-17-7-9-36-10-8-17)15-23(24)18-3-5-21(29)6-4-18/h3-6,12-14,17,23-24,36H,7-11,15-16H2,1-2H3/t23-,24+/m0/s1. The number of carbonyl (C=O) groups excluding carboxylic acids is 2. The molecule has 2 saturated heterocycles. The molecular formula is C28H31F7N4O2. The number of nitrogens with one attached hydrogen (secondary N) is 1. The van der Waals surface area contributed by atoms with Crippen LogP contribution in [0, 0.1) is 11.7 Å². The van der Waals surface area contributed by atoms with E-state index in [1.807, 2.05) is 0 Å². The number of urea groups is 1. The highest BCUT2D eigenvalue weighted by atomic mass is 19.4. The molecule has 2 atom stereocenters. The molecule has 0 aromatic heterocycles. The van der Waals surface area contributed by atoms with Crippen molar-refractivity contribution in [3.63, 3.8) is 0 Å². The van der Waals surface area contributed by atoms with Gasteiger partial charge in [-0.15, -0.1) is 0 Å². The van der Waals surface area contributed by atoms with Gasteiger partial charge in [-0.2, -0.15) is 26.3 Å². The lowest BCUT2D eigenvalue weighted by Gasteiger charge is -2.33. The summed E-state index contributed by atoms with van der Waals surface area (Å²) in [5.41, 5.74) is -3.01. The summed E-state index contributed by atoms with van der Waals surface area (Å²) >= 11 is 0. The number of carbonyl (C=O) groups is 2. The molecular weight excluding hydrogens is 557 g/mol. The summed E-state index contributed by atoms with van der Waals surface area (Å²) in [6.07, 6.45) is -8.11. The molecule has 0 saturated carbocycles. The number of benzene rings is 2. The van der Waals surface area contributed by atoms with E-state index in [-0.39, 0.29) is 31.0 Å². The van der Waals surface area contributed by atoms with Crippen LogP contribution in [-0.4, -0.2) is 68.1 Å². The second-order valence-corrected chi connectivity index (χ2v) is 10.6. The molecule has 3 amide bonds. The number of likely N-dealkylation sites (N-methyl/N-ethyl adjacent to an activating group) is 1. The van der Waals surface area contributed by atoms with Gasteiger partial charge in [-0.3, -0.25) is 9.69 Å². The maximum atomic E-state index is 13.6. The molecule has 2 aromatic carbocycles. The van der Waals surface area contributed by atoms with Crippen molar-refractivity contribution in [2.24, 2.45) is 5.92 Å². The second kappa shape index (κ2) is 11.9. The first kappa shape index (κ1) is 30.6. The number of likely N-dealkylation sites (tertiary alicyclic amines) is 1. The third-order valence-electron chi connectivity index (χ3n) is 7.91. The van der Waals surface area contributed by atoms with E-state index in [1.54, 1.807) is 4.90 Å². The Morgan fingerprint density at radius 3 is 2.00 bits per heavy atom. The Kier molecular flexibility index (Phi) is 8.86. The van der Waals surface area contributed by atoms with Crippen molar-refractivity contribution in [1.82, 2.24) is 15.1 Å². The quantitative estimate of drug-likeness (QED) is 0.454. The van der Waals surface area contributed by atoms with Crippen molar-refractivity contribution in [3.05, 3.63) is 65.0 Å². The zero-order valence-electron chi connectivity index (χ0n) is 22.5. The molecule has 41 heavy (non-hydrogen) atoms. The Bertz CT molecular complexity index is 1210. The Hall–Kier alpha value is -3.35. The monoisotopic (exact) mass is 588 g/mol. The molecule has 0 radical (unpaired) electrons. The fraction of sp³-hybridized carbons (Fsp3) is 0.500. The SMILES string of the molecule is CN(C(=O)N(C)[C@@H]1CN(C(=O)CC2CCNCC2)C[C@H]1c1ccc(F)cc1)c1cc(C(F)(F)F)cc(C(F)(F)F)c1. The van der Waals surface area contributed by atoms with Gasteiger partial charge in [0.2, 0.25) is 5.91 Å². The number of piperidine rings is 1. The number of alkyl halides is 6. The predicted molar refractivity (Wildman–Crippen MR) is 138 cm³/mol. The van der Waals surface area contributed by atoms with Crippen LogP contribution < -0.4 is 10.2 Å². The van der Waals surface area contributed by atoms with Gasteiger partial charge in [0.15, 0.2) is 0 Å². The lowest BCUT2D eigenvalue weighted by Crippen LogP contribution is -2.47. The molecule has 4 rings (SSSR count). The number of nitrogens with zero attached hydrogens (tertiary/aromatic N) is 3. The number of rotatable bonds is 5. The average Bonchev–Trinajstić information content (AvgIpc) is 3.37. The first-order valence-corrected chi connectivity index (χ1v) is 13.2. The van der Waals surface area contributed by atoms with Crippen LogP contribution in [0.4, 0.5) is 41.2 Å². The van der Waals surface area contributed by atoms with Crippen molar-refractivity contribution < 1.29 is 40.3 Å². The Morgan fingerprint density at radius 1 is 0.902 bits per heavy atom. The third kappa shape index (κ3) is 7.11. The molecule has 2 heterocycles. The molecule has 2 aliphatic heterocycles. The van der Waals surface area contributed by atoms with Gasteiger partial charge in [-0.05, 0) is 67.7 Å². The zero-order valence-corrected chi connectivity index (χ0v) is 22.5. The largest absolute Gasteiger partial charge is 0.416 e. The minimum atomic E-state index is -5.07. The number of hydrogen-bond donors (Lipinski definition) is 1. The Morgan fingerprint density at radius 2 is 1.46 bits per heavy atom. The average molecular weight is 589 g/mol. The van der Waals surface area contributed by atoms with Crippen LogP contribution in [0.15, 0.2) is 42.5 Å². The number of amides is 3. The molecule has 0 unspecified atom stereocenters. The van der Waals surface area contributed by atoms with Crippen LogP contribution in [0.1, 0.15) is 41.9 Å². The highest BCUT2D eigenvalue weighted by molar-refractivity contribution is 5.92. The fourth-order valence-corrected chi connectivity index (χ4v) is 5.50. The highest BCUT2D eigenvalue weighted by Gasteiger charge is 2.42. The van der Waals surface area contributed by atoms with Gasteiger partial charge in [-0.1, -0.05) is 12.1 Å². The predicted octanol–water partition coefficient (Wildman–Crippen LogP) is 5.74. The topological polar surface area (TPSA) is 55.9 Å². The summed E-state index contributed by atoms with van der Waals surface area (Å²) in [7, 11) is 2.48. The molecule has 224 valence electrons. The molecule has 2 aromatic rings. The van der Waals surface area contributed by atoms with E-state index in [2.05, 4.69) is 5.32 Å². The maximum Gasteiger partial charge on any atom is 0.416 e. The van der Waals surface area contributed by atoms with Gasteiger partial charge in [0, 0.05) is 45.2 Å². The third-order valence-corrected chi connectivity index (χ3v) is 7.91. The summed E-state index contributed by atoms with van der Waals surface area (Å²) in [4.78, 5) is 30.3. The van der Waals surface area contributed by atoms with Gasteiger partial charge in [0.25, 0.3) is 0 Å². The van der Waals surface area contributed by atoms with Crippen molar-refractivity contribution in [1.29, 1.82) is 0 Å². The highest BCUT2D eigenvalue weighted by Crippen LogP contribution is 2.39. The van der Waals surface area contributed by atoms with Gasteiger partial charge in [-0.25, -0.2) is 9.18 Å². The minimum absolute atomic E-state index is 0.00106. The van der Waals surface area contributed by atoms with E-state index in [4.69, 9.17) is 0 Å². The number of halogens is 7. The van der Waals surface area contributed by atoms with Crippen LogP contribution in [0.3, 0.4) is 0 Å². The van der Waals surface area contributed by atoms with Crippen LogP contribution in [0.5, 0.6) is 0 Å². The first-order chi connectivity index (χ1) is 19.1. The van der Waals surface area contributed by atoms with Gasteiger partial charge in [0.1, 0.15) is 5.82 Å². The number of hydrogen-bond acceptors (Lipinski definition) is 3.